The van der Waals surface area contributed by atoms with Gasteiger partial charge in [0.2, 0.25) is 0 Å². The minimum atomic E-state index is -0.620. The Balaban J connectivity index is 1.97. The molecule has 0 heterocycles. The topological polar surface area (TPSA) is 78.6 Å². The van der Waals surface area contributed by atoms with Crippen molar-refractivity contribution in [2.24, 2.45) is 5.73 Å². The van der Waals surface area contributed by atoms with Crippen LogP contribution in [0.4, 0.5) is 0 Å². The van der Waals surface area contributed by atoms with Gasteiger partial charge in [-0.2, -0.15) is 0 Å². The maximum absolute atomic E-state index is 11.5. The van der Waals surface area contributed by atoms with Crippen LogP contribution in [0.3, 0.4) is 0 Å². The number of amides is 1. The largest absolute Gasteiger partial charge is 0.489 e. The molecule has 0 bridgehead atoms. The first kappa shape index (κ1) is 16.8. The Bertz CT molecular complexity index is 730. The first-order valence-corrected chi connectivity index (χ1v) is 7.31. The number of carbonyl (C=O) groups is 2. The van der Waals surface area contributed by atoms with Crippen LogP contribution in [0.2, 0.25) is 5.02 Å². The average molecular weight is 334 g/mol. The number of benzene rings is 2. The molecule has 2 N–H and O–H groups in total. The van der Waals surface area contributed by atoms with Gasteiger partial charge in [-0.1, -0.05) is 23.7 Å². The van der Waals surface area contributed by atoms with E-state index < -0.39 is 5.91 Å². The van der Waals surface area contributed by atoms with Crippen LogP contribution in [0.5, 0.6) is 11.5 Å². The molecule has 120 valence electrons. The van der Waals surface area contributed by atoms with E-state index in [0.29, 0.717) is 22.1 Å². The minimum Gasteiger partial charge on any atom is -0.489 e. The van der Waals surface area contributed by atoms with Crippen LogP contribution in [0.25, 0.3) is 0 Å². The van der Waals surface area contributed by atoms with E-state index in [-0.39, 0.29) is 24.6 Å². The zero-order chi connectivity index (χ0) is 16.8. The number of Topliss-reactive ketones (excluding diaryl/α,β-unsaturated/α-hetero) is 1. The van der Waals surface area contributed by atoms with Crippen LogP contribution in [0.15, 0.2) is 42.5 Å². The highest BCUT2D eigenvalue weighted by atomic mass is 35.5. The number of ketones is 1. The molecule has 0 aliphatic rings. The molecule has 0 aromatic heterocycles. The van der Waals surface area contributed by atoms with E-state index in [1.807, 2.05) is 0 Å². The maximum atomic E-state index is 11.5. The second kappa shape index (κ2) is 7.65. The summed E-state index contributed by atoms with van der Waals surface area (Å²) in [5.74, 6) is 0.140. The highest BCUT2D eigenvalue weighted by Gasteiger charge is 2.11. The molecule has 0 atom stereocenters. The second-order valence-corrected chi connectivity index (χ2v) is 5.19. The van der Waals surface area contributed by atoms with E-state index in [1.54, 1.807) is 36.4 Å². The highest BCUT2D eigenvalue weighted by Crippen LogP contribution is 2.23. The zero-order valence-electron chi connectivity index (χ0n) is 12.5. The molecule has 2 aromatic rings. The number of hydrogen-bond acceptors (Lipinski definition) is 4. The van der Waals surface area contributed by atoms with Gasteiger partial charge >= 0.3 is 0 Å². The quantitative estimate of drug-likeness (QED) is 0.623. The summed E-state index contributed by atoms with van der Waals surface area (Å²) in [7, 11) is 0. The van der Waals surface area contributed by atoms with Crippen molar-refractivity contribution in [3.8, 4) is 11.5 Å². The molecular formula is C17H16ClNO4. The summed E-state index contributed by atoms with van der Waals surface area (Å²) in [5.41, 5.74) is 6.01. The normalized spacial score (nSPS) is 10.2. The molecule has 0 saturated heterocycles. The van der Waals surface area contributed by atoms with Gasteiger partial charge in [0, 0.05) is 5.02 Å². The van der Waals surface area contributed by atoms with E-state index in [4.69, 9.17) is 26.8 Å². The van der Waals surface area contributed by atoms with Gasteiger partial charge in [-0.05, 0) is 37.3 Å². The van der Waals surface area contributed by atoms with Crippen molar-refractivity contribution in [1.82, 2.24) is 0 Å². The molecule has 23 heavy (non-hydrogen) atoms. The highest BCUT2D eigenvalue weighted by molar-refractivity contribution is 6.31. The zero-order valence-corrected chi connectivity index (χ0v) is 13.3. The molecule has 0 saturated carbocycles. The third-order valence-electron chi connectivity index (χ3n) is 3.07. The molecule has 0 fully saturated rings. The van der Waals surface area contributed by atoms with Gasteiger partial charge in [0.1, 0.15) is 24.7 Å². The number of hydrogen-bond donors (Lipinski definition) is 1. The lowest BCUT2D eigenvalue weighted by atomic mass is 10.1. The SMILES string of the molecule is CC(=O)c1ccccc1OCCOc1ccc(Cl)cc1C(N)=O. The lowest BCUT2D eigenvalue weighted by Gasteiger charge is -2.12. The standard InChI is InChI=1S/C17H16ClNO4/c1-11(20)13-4-2-3-5-15(13)22-8-9-23-16-7-6-12(18)10-14(16)17(19)21/h2-7,10H,8-9H2,1H3,(H2,19,21). The van der Waals surface area contributed by atoms with Crippen LogP contribution in [-0.4, -0.2) is 24.9 Å². The van der Waals surface area contributed by atoms with Crippen molar-refractivity contribution in [1.29, 1.82) is 0 Å². The lowest BCUT2D eigenvalue weighted by molar-refractivity contribution is 0.0988. The molecule has 5 nitrogen and oxygen atoms in total. The van der Waals surface area contributed by atoms with E-state index in [2.05, 4.69) is 0 Å². The number of rotatable bonds is 7. The monoisotopic (exact) mass is 333 g/mol. The first-order valence-electron chi connectivity index (χ1n) is 6.94. The smallest absolute Gasteiger partial charge is 0.252 e. The van der Waals surface area contributed by atoms with Gasteiger partial charge in [0.15, 0.2) is 5.78 Å². The minimum absolute atomic E-state index is 0.0739. The molecule has 0 aliphatic heterocycles. The lowest BCUT2D eigenvalue weighted by Crippen LogP contribution is -2.15. The van der Waals surface area contributed by atoms with E-state index >= 15 is 0 Å². The molecule has 0 aliphatic carbocycles. The summed E-state index contributed by atoms with van der Waals surface area (Å²) in [6.07, 6.45) is 0. The van der Waals surface area contributed by atoms with Gasteiger partial charge < -0.3 is 15.2 Å². The third-order valence-corrected chi connectivity index (χ3v) is 3.31. The van der Waals surface area contributed by atoms with E-state index in [9.17, 15) is 9.59 Å². The fourth-order valence-electron chi connectivity index (χ4n) is 2.01. The Morgan fingerprint density at radius 2 is 1.61 bits per heavy atom. The number of halogens is 1. The van der Waals surface area contributed by atoms with Crippen LogP contribution in [-0.2, 0) is 0 Å². The summed E-state index contributed by atoms with van der Waals surface area (Å²) < 4.78 is 11.1. The molecule has 2 aromatic carbocycles. The predicted molar refractivity (Wildman–Crippen MR) is 87.4 cm³/mol. The Hall–Kier alpha value is -2.53. The Morgan fingerprint density at radius 1 is 1.00 bits per heavy atom. The van der Waals surface area contributed by atoms with Gasteiger partial charge in [-0.25, -0.2) is 0 Å². The fourth-order valence-corrected chi connectivity index (χ4v) is 2.18. The summed E-state index contributed by atoms with van der Waals surface area (Å²) in [4.78, 5) is 22.9. The van der Waals surface area contributed by atoms with Crippen LogP contribution in [0, 0.1) is 0 Å². The number of para-hydroxylation sites is 1. The summed E-state index contributed by atoms with van der Waals surface area (Å²) in [6, 6.07) is 11.6. The van der Waals surface area contributed by atoms with Gasteiger partial charge in [0.25, 0.3) is 5.91 Å². The predicted octanol–water partition coefficient (Wildman–Crippen LogP) is 3.10. The number of nitrogens with two attached hydrogens (primary N) is 1. The molecule has 0 unspecified atom stereocenters. The van der Waals surface area contributed by atoms with Crippen molar-refractivity contribution in [2.75, 3.05) is 13.2 Å². The van der Waals surface area contributed by atoms with Gasteiger partial charge in [0.05, 0.1) is 11.1 Å². The molecule has 6 heteroatoms. The number of carbonyl (C=O) groups excluding carboxylic acids is 2. The number of primary amides is 1. The van der Waals surface area contributed by atoms with Gasteiger partial charge in [-0.15, -0.1) is 0 Å². The molecule has 0 spiro atoms. The van der Waals surface area contributed by atoms with Crippen molar-refractivity contribution < 1.29 is 19.1 Å². The summed E-state index contributed by atoms with van der Waals surface area (Å²) >= 11 is 5.83. The van der Waals surface area contributed by atoms with Crippen molar-refractivity contribution in [3.63, 3.8) is 0 Å². The van der Waals surface area contributed by atoms with Crippen molar-refractivity contribution in [2.45, 2.75) is 6.92 Å². The molecule has 0 radical (unpaired) electrons. The van der Waals surface area contributed by atoms with Crippen LogP contribution < -0.4 is 15.2 Å². The molecule has 2 rings (SSSR count). The van der Waals surface area contributed by atoms with Crippen molar-refractivity contribution in [3.05, 3.63) is 58.6 Å². The number of ether oxygens (including phenoxy) is 2. The Kier molecular flexibility index (Phi) is 5.60. The van der Waals surface area contributed by atoms with Gasteiger partial charge in [-0.3, -0.25) is 9.59 Å². The van der Waals surface area contributed by atoms with E-state index in [1.165, 1.54) is 13.0 Å². The first-order chi connectivity index (χ1) is 11.0. The second-order valence-electron chi connectivity index (χ2n) is 4.75. The van der Waals surface area contributed by atoms with E-state index in [0.717, 1.165) is 0 Å². The summed E-state index contributed by atoms with van der Waals surface area (Å²) in [6.45, 7) is 1.88. The molecular weight excluding hydrogens is 318 g/mol. The Labute approximate surface area is 139 Å². The van der Waals surface area contributed by atoms with Crippen LogP contribution in [0.1, 0.15) is 27.6 Å². The summed E-state index contributed by atoms with van der Waals surface area (Å²) in [5, 5.41) is 0.401. The van der Waals surface area contributed by atoms with Crippen LogP contribution >= 0.6 is 11.6 Å². The Morgan fingerprint density at radius 3 is 2.22 bits per heavy atom. The third kappa shape index (κ3) is 4.47. The maximum Gasteiger partial charge on any atom is 0.252 e. The van der Waals surface area contributed by atoms with Crippen molar-refractivity contribution >= 4 is 23.3 Å². The average Bonchev–Trinajstić information content (AvgIpc) is 2.52. The fraction of sp³-hybridized carbons (Fsp3) is 0.176. The molecule has 1 amide bonds.